The van der Waals surface area contributed by atoms with Crippen molar-refractivity contribution >= 4 is 11.8 Å². The van der Waals surface area contributed by atoms with Crippen LogP contribution in [0.1, 0.15) is 23.8 Å². The van der Waals surface area contributed by atoms with E-state index in [-0.39, 0.29) is 5.25 Å². The van der Waals surface area contributed by atoms with Crippen LogP contribution >= 0.6 is 11.8 Å². The van der Waals surface area contributed by atoms with Gasteiger partial charge in [-0.3, -0.25) is 0 Å². The Morgan fingerprint density at radius 3 is 2.80 bits per heavy atom. The Kier molecular flexibility index (Phi) is 3.83. The lowest BCUT2D eigenvalue weighted by Gasteiger charge is -2.10. The van der Waals surface area contributed by atoms with Crippen LogP contribution in [0.3, 0.4) is 0 Å². The van der Waals surface area contributed by atoms with Crippen molar-refractivity contribution in [3.63, 3.8) is 0 Å². The SMILES string of the molecule is CC(SCc1ccco1)c1nnnn1-c1ccccc1. The summed E-state index contributed by atoms with van der Waals surface area (Å²) in [6, 6.07) is 13.8. The van der Waals surface area contributed by atoms with E-state index in [4.69, 9.17) is 4.42 Å². The highest BCUT2D eigenvalue weighted by Gasteiger charge is 2.16. The Morgan fingerprint density at radius 1 is 1.20 bits per heavy atom. The summed E-state index contributed by atoms with van der Waals surface area (Å²) in [5.74, 6) is 2.60. The standard InChI is InChI=1S/C14H14N4OS/c1-11(20-10-13-8-5-9-19-13)14-15-16-17-18(14)12-6-3-2-4-7-12/h2-9,11H,10H2,1H3. The minimum absolute atomic E-state index is 0.176. The van der Waals surface area contributed by atoms with E-state index in [0.717, 1.165) is 23.0 Å². The summed E-state index contributed by atoms with van der Waals surface area (Å²) in [5, 5.41) is 12.2. The molecule has 1 atom stereocenters. The first kappa shape index (κ1) is 12.9. The smallest absolute Gasteiger partial charge is 0.169 e. The number of hydrogen-bond donors (Lipinski definition) is 0. The fourth-order valence-corrected chi connectivity index (χ4v) is 2.75. The minimum Gasteiger partial charge on any atom is -0.468 e. The van der Waals surface area contributed by atoms with Crippen molar-refractivity contribution in [2.75, 3.05) is 0 Å². The predicted molar refractivity (Wildman–Crippen MR) is 77.6 cm³/mol. The molecule has 20 heavy (non-hydrogen) atoms. The first-order valence-electron chi connectivity index (χ1n) is 6.32. The van der Waals surface area contributed by atoms with Gasteiger partial charge in [-0.2, -0.15) is 4.68 Å². The Bertz CT molecular complexity index is 651. The van der Waals surface area contributed by atoms with Gasteiger partial charge in [0.25, 0.3) is 0 Å². The van der Waals surface area contributed by atoms with Gasteiger partial charge in [0.15, 0.2) is 5.82 Å². The molecule has 6 heteroatoms. The topological polar surface area (TPSA) is 56.7 Å². The van der Waals surface area contributed by atoms with Gasteiger partial charge in [-0.25, -0.2) is 0 Å². The third kappa shape index (κ3) is 2.75. The normalized spacial score (nSPS) is 12.4. The van der Waals surface area contributed by atoms with Gasteiger partial charge in [-0.15, -0.1) is 16.9 Å². The lowest BCUT2D eigenvalue weighted by Crippen LogP contribution is -2.05. The summed E-state index contributed by atoms with van der Waals surface area (Å²) >= 11 is 1.74. The average molecular weight is 286 g/mol. The predicted octanol–water partition coefficient (Wildman–Crippen LogP) is 3.25. The second-order valence-electron chi connectivity index (χ2n) is 4.32. The third-order valence-corrected chi connectivity index (χ3v) is 4.08. The molecule has 0 fully saturated rings. The Labute approximate surface area is 121 Å². The van der Waals surface area contributed by atoms with Gasteiger partial charge in [-0.1, -0.05) is 18.2 Å². The molecule has 3 aromatic rings. The quantitative estimate of drug-likeness (QED) is 0.720. The lowest BCUT2D eigenvalue weighted by atomic mass is 10.3. The molecule has 102 valence electrons. The van der Waals surface area contributed by atoms with Crippen LogP contribution in [0.5, 0.6) is 0 Å². The molecule has 0 N–H and O–H groups in total. The van der Waals surface area contributed by atoms with Crippen LogP contribution in [0.25, 0.3) is 5.69 Å². The van der Waals surface area contributed by atoms with Crippen LogP contribution in [0.4, 0.5) is 0 Å². The van der Waals surface area contributed by atoms with Crippen molar-refractivity contribution in [2.24, 2.45) is 0 Å². The number of para-hydroxylation sites is 1. The summed E-state index contributed by atoms with van der Waals surface area (Å²) in [4.78, 5) is 0. The summed E-state index contributed by atoms with van der Waals surface area (Å²) in [7, 11) is 0. The molecule has 5 nitrogen and oxygen atoms in total. The van der Waals surface area contributed by atoms with Gasteiger partial charge in [0.2, 0.25) is 0 Å². The molecule has 1 unspecified atom stereocenters. The van der Waals surface area contributed by atoms with E-state index in [2.05, 4.69) is 22.4 Å². The van der Waals surface area contributed by atoms with E-state index < -0.39 is 0 Å². The Balaban J connectivity index is 1.75. The highest BCUT2D eigenvalue weighted by Crippen LogP contribution is 2.30. The van der Waals surface area contributed by atoms with E-state index in [0.29, 0.717) is 0 Å². The monoisotopic (exact) mass is 286 g/mol. The van der Waals surface area contributed by atoms with Gasteiger partial charge in [-0.05, 0) is 41.6 Å². The number of tetrazole rings is 1. The van der Waals surface area contributed by atoms with Crippen LogP contribution in [-0.2, 0) is 5.75 Å². The molecule has 2 heterocycles. The van der Waals surface area contributed by atoms with Crippen LogP contribution in [0.2, 0.25) is 0 Å². The lowest BCUT2D eigenvalue weighted by molar-refractivity contribution is 0.530. The maximum absolute atomic E-state index is 5.34. The second kappa shape index (κ2) is 5.92. The van der Waals surface area contributed by atoms with Gasteiger partial charge >= 0.3 is 0 Å². The van der Waals surface area contributed by atoms with Crippen molar-refractivity contribution in [2.45, 2.75) is 17.9 Å². The van der Waals surface area contributed by atoms with Crippen LogP contribution in [0, 0.1) is 0 Å². The minimum atomic E-state index is 0.176. The largest absolute Gasteiger partial charge is 0.468 e. The molecule has 0 saturated carbocycles. The molecule has 1 aromatic carbocycles. The van der Waals surface area contributed by atoms with E-state index in [1.165, 1.54) is 0 Å². The van der Waals surface area contributed by atoms with Crippen LogP contribution in [0.15, 0.2) is 53.1 Å². The molecule has 0 bridgehead atoms. The number of benzene rings is 1. The average Bonchev–Trinajstić information content (AvgIpc) is 3.17. The third-order valence-electron chi connectivity index (χ3n) is 2.91. The van der Waals surface area contributed by atoms with Crippen molar-refractivity contribution in [3.8, 4) is 5.69 Å². The van der Waals surface area contributed by atoms with E-state index >= 15 is 0 Å². The highest BCUT2D eigenvalue weighted by atomic mass is 32.2. The highest BCUT2D eigenvalue weighted by molar-refractivity contribution is 7.98. The van der Waals surface area contributed by atoms with Crippen molar-refractivity contribution in [1.82, 2.24) is 20.2 Å². The Morgan fingerprint density at radius 2 is 2.05 bits per heavy atom. The zero-order valence-corrected chi connectivity index (χ0v) is 11.8. The van der Waals surface area contributed by atoms with Gasteiger partial charge in [0.1, 0.15) is 5.76 Å². The van der Waals surface area contributed by atoms with Crippen molar-refractivity contribution < 1.29 is 4.42 Å². The van der Waals surface area contributed by atoms with E-state index in [9.17, 15) is 0 Å². The molecular weight excluding hydrogens is 272 g/mol. The first-order valence-corrected chi connectivity index (χ1v) is 7.37. The van der Waals surface area contributed by atoms with Gasteiger partial charge in [0.05, 0.1) is 23.0 Å². The molecular formula is C14H14N4OS. The fraction of sp³-hybridized carbons (Fsp3) is 0.214. The molecule has 0 aliphatic rings. The van der Waals surface area contributed by atoms with Crippen LogP contribution in [-0.4, -0.2) is 20.2 Å². The summed E-state index contributed by atoms with van der Waals surface area (Å²) in [6.45, 7) is 2.10. The van der Waals surface area contributed by atoms with E-state index in [1.807, 2.05) is 42.5 Å². The van der Waals surface area contributed by atoms with E-state index in [1.54, 1.807) is 22.7 Å². The van der Waals surface area contributed by atoms with Crippen molar-refractivity contribution in [3.05, 3.63) is 60.3 Å². The number of nitrogens with zero attached hydrogens (tertiary/aromatic N) is 4. The number of aromatic nitrogens is 4. The Hall–Kier alpha value is -2.08. The zero-order valence-electron chi connectivity index (χ0n) is 11.0. The second-order valence-corrected chi connectivity index (χ2v) is 5.65. The molecule has 0 aliphatic heterocycles. The molecule has 0 amide bonds. The number of thioether (sulfide) groups is 1. The molecule has 0 saturated heterocycles. The number of hydrogen-bond acceptors (Lipinski definition) is 5. The van der Waals surface area contributed by atoms with Gasteiger partial charge < -0.3 is 4.42 Å². The number of rotatable bonds is 5. The zero-order chi connectivity index (χ0) is 13.8. The van der Waals surface area contributed by atoms with Gasteiger partial charge in [0, 0.05) is 0 Å². The summed E-state index contributed by atoms with van der Waals surface area (Å²) < 4.78 is 7.11. The summed E-state index contributed by atoms with van der Waals surface area (Å²) in [6.07, 6.45) is 1.69. The maximum atomic E-state index is 5.34. The molecule has 3 rings (SSSR count). The maximum Gasteiger partial charge on any atom is 0.169 e. The molecule has 0 aliphatic carbocycles. The first-order chi connectivity index (χ1) is 9.84. The van der Waals surface area contributed by atoms with Crippen molar-refractivity contribution in [1.29, 1.82) is 0 Å². The van der Waals surface area contributed by atoms with Crippen LogP contribution < -0.4 is 0 Å². The fourth-order valence-electron chi connectivity index (χ4n) is 1.88. The number of furan rings is 1. The molecule has 0 spiro atoms. The molecule has 0 radical (unpaired) electrons. The molecule has 2 aromatic heterocycles. The summed E-state index contributed by atoms with van der Waals surface area (Å²) in [5.41, 5.74) is 0.970.